The van der Waals surface area contributed by atoms with Crippen LogP contribution in [0.3, 0.4) is 0 Å². The zero-order valence-corrected chi connectivity index (χ0v) is 19.0. The third-order valence-corrected chi connectivity index (χ3v) is 6.13. The summed E-state index contributed by atoms with van der Waals surface area (Å²) in [5.74, 6) is -2.41. The topological polar surface area (TPSA) is 89.6 Å². The largest absolute Gasteiger partial charge is 0.711 e. The maximum Gasteiger partial charge on any atom is 0.332 e. The van der Waals surface area contributed by atoms with Crippen LogP contribution in [0.4, 0.5) is 4.79 Å². The Morgan fingerprint density at radius 2 is 1.55 bits per heavy atom. The van der Waals surface area contributed by atoms with Gasteiger partial charge < -0.3 is 5.21 Å². The minimum absolute atomic E-state index is 0.125. The van der Waals surface area contributed by atoms with Crippen molar-refractivity contribution >= 4 is 17.8 Å². The second kappa shape index (κ2) is 8.53. The summed E-state index contributed by atoms with van der Waals surface area (Å²) in [7, 11) is 2.75. The van der Waals surface area contributed by atoms with Crippen LogP contribution in [0.1, 0.15) is 49.0 Å². The summed E-state index contributed by atoms with van der Waals surface area (Å²) in [4.78, 5) is 40.4. The number of imide groups is 2. The van der Waals surface area contributed by atoms with Crippen molar-refractivity contribution < 1.29 is 19.1 Å². The Morgan fingerprint density at radius 1 is 1.00 bits per heavy atom. The molecule has 1 aromatic carbocycles. The van der Waals surface area contributed by atoms with Crippen LogP contribution in [0.15, 0.2) is 30.3 Å². The Morgan fingerprint density at radius 3 is 2.06 bits per heavy atom. The molecule has 1 aromatic heterocycles. The van der Waals surface area contributed by atoms with E-state index >= 15 is 0 Å². The second-order valence-electron chi connectivity index (χ2n) is 8.69. The van der Waals surface area contributed by atoms with E-state index in [9.17, 15) is 19.6 Å². The highest BCUT2D eigenvalue weighted by Crippen LogP contribution is 2.35. The molecule has 2 aromatic rings. The first kappa shape index (κ1) is 22.5. The van der Waals surface area contributed by atoms with E-state index in [2.05, 4.69) is 0 Å². The van der Waals surface area contributed by atoms with Gasteiger partial charge >= 0.3 is 6.03 Å². The van der Waals surface area contributed by atoms with Gasteiger partial charge in [0.2, 0.25) is 11.8 Å². The van der Waals surface area contributed by atoms with Crippen molar-refractivity contribution in [3.05, 3.63) is 58.3 Å². The lowest BCUT2D eigenvalue weighted by molar-refractivity contribution is -0.622. The molecular weight excluding hydrogens is 396 g/mol. The molecule has 1 fully saturated rings. The Bertz CT molecular complexity index is 988. The number of rotatable bonds is 6. The van der Waals surface area contributed by atoms with E-state index in [1.165, 1.54) is 14.1 Å². The average molecular weight is 427 g/mol. The molecule has 0 aliphatic carbocycles. The standard InChI is InChI=1S/C23H30N4O4/c1-14(2)12-18(19-21(28)24(5)23(30)25(6)22(19)29)20-26(15(3)16(4)27(20)31)13-17-10-8-7-9-11-17/h7-11,14,18-19H,12-13H2,1-6H3. The molecule has 0 N–H and O–H groups in total. The summed E-state index contributed by atoms with van der Waals surface area (Å²) in [6, 6.07) is 9.08. The van der Waals surface area contributed by atoms with Crippen molar-refractivity contribution in [1.29, 1.82) is 0 Å². The fourth-order valence-electron chi connectivity index (χ4n) is 4.29. The van der Waals surface area contributed by atoms with Gasteiger partial charge in [-0.1, -0.05) is 44.2 Å². The smallest absolute Gasteiger partial charge is 0.332 e. The summed E-state index contributed by atoms with van der Waals surface area (Å²) < 4.78 is 2.75. The molecule has 8 heteroatoms. The molecule has 4 amide bonds. The third kappa shape index (κ3) is 3.94. The van der Waals surface area contributed by atoms with Gasteiger partial charge in [-0.15, -0.1) is 0 Å². The van der Waals surface area contributed by atoms with Gasteiger partial charge in [-0.05, 0) is 17.9 Å². The molecule has 0 radical (unpaired) electrons. The zero-order valence-electron chi connectivity index (χ0n) is 19.0. The predicted molar refractivity (Wildman–Crippen MR) is 115 cm³/mol. The van der Waals surface area contributed by atoms with E-state index in [0.717, 1.165) is 25.8 Å². The molecule has 1 unspecified atom stereocenters. The van der Waals surface area contributed by atoms with Crippen LogP contribution in [0.2, 0.25) is 0 Å². The van der Waals surface area contributed by atoms with E-state index in [1.54, 1.807) is 6.92 Å². The van der Waals surface area contributed by atoms with Crippen LogP contribution in [0, 0.1) is 30.9 Å². The van der Waals surface area contributed by atoms with Crippen molar-refractivity contribution in [2.24, 2.45) is 11.8 Å². The molecule has 0 spiro atoms. The van der Waals surface area contributed by atoms with Crippen LogP contribution >= 0.6 is 0 Å². The minimum atomic E-state index is -1.13. The molecule has 0 saturated carbocycles. The third-order valence-electron chi connectivity index (χ3n) is 6.13. The lowest BCUT2D eigenvalue weighted by atomic mass is 9.81. The van der Waals surface area contributed by atoms with Gasteiger partial charge in [-0.3, -0.25) is 19.4 Å². The summed E-state index contributed by atoms with van der Waals surface area (Å²) in [6.07, 6.45) is 0.456. The SMILES string of the molecule is Cc1c(C)[n+]([O-])c(C(CC(C)C)C2C(=O)N(C)C(=O)N(C)C2=O)n1Cc1ccccc1. The number of carbonyl (C=O) groups excluding carboxylic acids is 3. The normalized spacial score (nSPS) is 16.5. The molecule has 8 nitrogen and oxygen atoms in total. The Kier molecular flexibility index (Phi) is 6.20. The molecule has 2 heterocycles. The number of urea groups is 1. The minimum Gasteiger partial charge on any atom is -0.711 e. The average Bonchev–Trinajstić information content (AvgIpc) is 2.94. The molecule has 0 bridgehead atoms. The van der Waals surface area contributed by atoms with Gasteiger partial charge in [0, 0.05) is 27.9 Å². The van der Waals surface area contributed by atoms with Crippen LogP contribution in [0.25, 0.3) is 0 Å². The molecular formula is C23H30N4O4. The fraction of sp³-hybridized carbons (Fsp3) is 0.478. The summed E-state index contributed by atoms with van der Waals surface area (Å²) >= 11 is 0. The first-order chi connectivity index (χ1) is 14.6. The molecule has 1 aliphatic rings. The van der Waals surface area contributed by atoms with Crippen molar-refractivity contribution in [2.45, 2.75) is 46.6 Å². The first-order valence-corrected chi connectivity index (χ1v) is 10.5. The monoisotopic (exact) mass is 426 g/mol. The highest BCUT2D eigenvalue weighted by Gasteiger charge is 2.50. The fourth-order valence-corrected chi connectivity index (χ4v) is 4.29. The predicted octanol–water partition coefficient (Wildman–Crippen LogP) is 2.58. The Balaban J connectivity index is 2.17. The van der Waals surface area contributed by atoms with Crippen LogP contribution in [-0.4, -0.2) is 46.3 Å². The highest BCUT2D eigenvalue weighted by molar-refractivity contribution is 6.16. The summed E-state index contributed by atoms with van der Waals surface area (Å²) in [6.45, 7) is 8.04. The molecule has 31 heavy (non-hydrogen) atoms. The maximum absolute atomic E-state index is 13.3. The van der Waals surface area contributed by atoms with E-state index in [1.807, 2.05) is 55.7 Å². The number of imidazole rings is 1. The molecule has 1 aliphatic heterocycles. The van der Waals surface area contributed by atoms with Gasteiger partial charge in [0.1, 0.15) is 23.9 Å². The lowest BCUT2D eigenvalue weighted by Gasteiger charge is -2.36. The first-order valence-electron chi connectivity index (χ1n) is 10.5. The van der Waals surface area contributed by atoms with E-state index in [0.29, 0.717) is 24.5 Å². The quantitative estimate of drug-likeness (QED) is 0.403. The van der Waals surface area contributed by atoms with E-state index in [-0.39, 0.29) is 5.92 Å². The van der Waals surface area contributed by atoms with Gasteiger partial charge in [0.05, 0.1) is 5.92 Å². The van der Waals surface area contributed by atoms with Gasteiger partial charge in [-0.2, -0.15) is 0 Å². The molecule has 1 atom stereocenters. The van der Waals surface area contributed by atoms with E-state index in [4.69, 9.17) is 0 Å². The molecule has 166 valence electrons. The van der Waals surface area contributed by atoms with Gasteiger partial charge in [-0.25, -0.2) is 14.1 Å². The van der Waals surface area contributed by atoms with E-state index < -0.39 is 29.7 Å². The number of hydrogen-bond acceptors (Lipinski definition) is 4. The summed E-state index contributed by atoms with van der Waals surface area (Å²) in [5, 5.41) is 13.3. The second-order valence-corrected chi connectivity index (χ2v) is 8.69. The Labute approximate surface area is 182 Å². The number of aromatic nitrogens is 2. The highest BCUT2D eigenvalue weighted by atomic mass is 16.5. The number of barbiturate groups is 1. The van der Waals surface area contributed by atoms with Crippen molar-refractivity contribution in [2.75, 3.05) is 14.1 Å². The lowest BCUT2D eigenvalue weighted by Crippen LogP contribution is -2.59. The molecule has 1 saturated heterocycles. The number of amides is 4. The maximum atomic E-state index is 13.3. The number of benzene rings is 1. The van der Waals surface area contributed by atoms with Crippen molar-refractivity contribution in [3.8, 4) is 0 Å². The zero-order chi connectivity index (χ0) is 23.0. The molecule has 3 rings (SSSR count). The van der Waals surface area contributed by atoms with Crippen molar-refractivity contribution in [1.82, 2.24) is 14.4 Å². The van der Waals surface area contributed by atoms with Crippen LogP contribution < -0.4 is 4.73 Å². The van der Waals surface area contributed by atoms with Crippen LogP contribution in [-0.2, 0) is 16.1 Å². The number of hydrogen-bond donors (Lipinski definition) is 0. The Hall–Kier alpha value is -3.16. The number of carbonyl (C=O) groups is 3. The van der Waals surface area contributed by atoms with Crippen LogP contribution in [0.5, 0.6) is 0 Å². The van der Waals surface area contributed by atoms with Crippen molar-refractivity contribution in [3.63, 3.8) is 0 Å². The number of nitrogens with zero attached hydrogens (tertiary/aromatic N) is 4. The van der Waals surface area contributed by atoms with Gasteiger partial charge in [0.15, 0.2) is 0 Å². The summed E-state index contributed by atoms with van der Waals surface area (Å²) in [5.41, 5.74) is 2.33. The van der Waals surface area contributed by atoms with Gasteiger partial charge in [0.25, 0.3) is 5.82 Å².